The number of rotatable bonds is 7. The zero-order chi connectivity index (χ0) is 13.5. The molecule has 1 N–H and O–H groups in total. The van der Waals surface area contributed by atoms with Crippen molar-refractivity contribution in [3.63, 3.8) is 0 Å². The van der Waals surface area contributed by atoms with Gasteiger partial charge in [0.05, 0.1) is 12.0 Å². The molecule has 2 rings (SSSR count). The largest absolute Gasteiger partial charge is 0.330 e. The van der Waals surface area contributed by atoms with Crippen molar-refractivity contribution in [3.8, 4) is 0 Å². The number of imidazole rings is 1. The first-order chi connectivity index (χ1) is 9.35. The number of nitrogens with zero attached hydrogens (tertiary/aromatic N) is 2. The maximum atomic E-state index is 4.35. The monoisotopic (exact) mass is 263 g/mol. The van der Waals surface area contributed by atoms with E-state index < -0.39 is 0 Å². The van der Waals surface area contributed by atoms with E-state index in [1.807, 2.05) is 12.5 Å². The highest BCUT2D eigenvalue weighted by Gasteiger charge is 2.22. The Kier molecular flexibility index (Phi) is 5.90. The Morgan fingerprint density at radius 3 is 2.68 bits per heavy atom. The summed E-state index contributed by atoms with van der Waals surface area (Å²) in [5, 5.41) is 3.49. The molecule has 0 aliphatic heterocycles. The molecule has 1 aliphatic rings. The number of hydrogen-bond acceptors (Lipinski definition) is 2. The van der Waals surface area contributed by atoms with Crippen molar-refractivity contribution in [2.24, 2.45) is 5.92 Å². The molecule has 0 atom stereocenters. The van der Waals surface area contributed by atoms with Crippen molar-refractivity contribution in [3.05, 3.63) is 18.2 Å². The fraction of sp³-hybridized carbons (Fsp3) is 0.812. The first-order valence-corrected chi connectivity index (χ1v) is 8.06. The number of aromatic nitrogens is 2. The van der Waals surface area contributed by atoms with Crippen molar-refractivity contribution < 1.29 is 0 Å². The summed E-state index contributed by atoms with van der Waals surface area (Å²) >= 11 is 0. The van der Waals surface area contributed by atoms with Gasteiger partial charge < -0.3 is 9.88 Å². The Bertz CT molecular complexity index is 351. The third kappa shape index (κ3) is 4.07. The molecule has 1 saturated carbocycles. The lowest BCUT2D eigenvalue weighted by atomic mass is 9.83. The Hall–Kier alpha value is -0.830. The molecular formula is C16H29N3. The second-order valence-electron chi connectivity index (χ2n) is 5.93. The van der Waals surface area contributed by atoms with E-state index in [9.17, 15) is 0 Å². The van der Waals surface area contributed by atoms with Gasteiger partial charge in [-0.2, -0.15) is 0 Å². The van der Waals surface area contributed by atoms with E-state index in [2.05, 4.69) is 28.7 Å². The van der Waals surface area contributed by atoms with Gasteiger partial charge in [-0.15, -0.1) is 0 Å². The van der Waals surface area contributed by atoms with Gasteiger partial charge in [0.25, 0.3) is 0 Å². The van der Waals surface area contributed by atoms with Crippen LogP contribution in [0.2, 0.25) is 0 Å². The summed E-state index contributed by atoms with van der Waals surface area (Å²) in [6, 6.07) is 0.689. The molecule has 3 nitrogen and oxygen atoms in total. The van der Waals surface area contributed by atoms with Crippen LogP contribution in [0.15, 0.2) is 12.5 Å². The van der Waals surface area contributed by atoms with Crippen LogP contribution >= 0.6 is 0 Å². The zero-order valence-electron chi connectivity index (χ0n) is 12.6. The van der Waals surface area contributed by atoms with Crippen LogP contribution in [0.4, 0.5) is 0 Å². The van der Waals surface area contributed by atoms with Crippen LogP contribution in [0.3, 0.4) is 0 Å². The number of hydrogen-bond donors (Lipinski definition) is 1. The molecule has 1 aliphatic carbocycles. The van der Waals surface area contributed by atoms with Crippen LogP contribution in [0.25, 0.3) is 0 Å². The van der Waals surface area contributed by atoms with E-state index >= 15 is 0 Å². The van der Waals surface area contributed by atoms with E-state index in [4.69, 9.17) is 0 Å². The summed E-state index contributed by atoms with van der Waals surface area (Å²) in [6.07, 6.45) is 13.5. The molecule has 0 aromatic carbocycles. The average molecular weight is 263 g/mol. The first-order valence-electron chi connectivity index (χ1n) is 8.06. The third-order valence-electron chi connectivity index (χ3n) is 4.39. The fourth-order valence-electron chi connectivity index (χ4n) is 3.31. The van der Waals surface area contributed by atoms with Crippen LogP contribution < -0.4 is 5.32 Å². The topological polar surface area (TPSA) is 29.9 Å². The van der Waals surface area contributed by atoms with Crippen LogP contribution in [0.5, 0.6) is 0 Å². The molecule has 3 heteroatoms. The van der Waals surface area contributed by atoms with Gasteiger partial charge in [0.15, 0.2) is 0 Å². The summed E-state index contributed by atoms with van der Waals surface area (Å²) in [5.41, 5.74) is 1.35. The van der Waals surface area contributed by atoms with Gasteiger partial charge in [-0.05, 0) is 44.6 Å². The van der Waals surface area contributed by atoms with E-state index in [1.165, 1.54) is 50.6 Å². The zero-order valence-corrected chi connectivity index (χ0v) is 12.6. The van der Waals surface area contributed by atoms with Crippen LogP contribution in [0.1, 0.15) is 70.5 Å². The quantitative estimate of drug-likeness (QED) is 0.756. The molecule has 0 bridgehead atoms. The number of nitrogens with one attached hydrogen (secondary N) is 1. The molecule has 0 saturated heterocycles. The van der Waals surface area contributed by atoms with Crippen molar-refractivity contribution in [2.45, 2.75) is 71.4 Å². The molecule has 0 amide bonds. The Morgan fingerprint density at radius 1 is 1.21 bits per heavy atom. The molecule has 1 fully saturated rings. The molecule has 1 aromatic rings. The average Bonchev–Trinajstić information content (AvgIpc) is 2.89. The highest BCUT2D eigenvalue weighted by Crippen LogP contribution is 2.34. The van der Waals surface area contributed by atoms with Crippen molar-refractivity contribution >= 4 is 0 Å². The lowest BCUT2D eigenvalue weighted by Gasteiger charge is -2.30. The standard InChI is InChI=1S/C16H29N3/c1-3-5-14-6-8-15(9-7-14)19-13-18-12-16(19)11-17-10-4-2/h12-15,17H,3-11H2,1-2H3. The summed E-state index contributed by atoms with van der Waals surface area (Å²) in [4.78, 5) is 4.35. The van der Waals surface area contributed by atoms with Crippen molar-refractivity contribution in [1.29, 1.82) is 0 Å². The third-order valence-corrected chi connectivity index (χ3v) is 4.39. The smallest absolute Gasteiger partial charge is 0.0951 e. The van der Waals surface area contributed by atoms with Crippen LogP contribution in [-0.4, -0.2) is 16.1 Å². The fourth-order valence-corrected chi connectivity index (χ4v) is 3.31. The minimum absolute atomic E-state index is 0.689. The summed E-state index contributed by atoms with van der Waals surface area (Å²) in [6.45, 7) is 6.57. The van der Waals surface area contributed by atoms with Gasteiger partial charge in [0.1, 0.15) is 0 Å². The Morgan fingerprint density at radius 2 is 2.00 bits per heavy atom. The van der Waals surface area contributed by atoms with Crippen molar-refractivity contribution in [2.75, 3.05) is 6.54 Å². The van der Waals surface area contributed by atoms with Crippen LogP contribution in [-0.2, 0) is 6.54 Å². The van der Waals surface area contributed by atoms with Gasteiger partial charge >= 0.3 is 0 Å². The molecular weight excluding hydrogens is 234 g/mol. The Balaban J connectivity index is 1.87. The molecule has 0 radical (unpaired) electrons. The van der Waals surface area contributed by atoms with Gasteiger partial charge in [0.2, 0.25) is 0 Å². The lowest BCUT2D eigenvalue weighted by Crippen LogP contribution is -2.22. The second-order valence-corrected chi connectivity index (χ2v) is 5.93. The van der Waals surface area contributed by atoms with E-state index in [-0.39, 0.29) is 0 Å². The second kappa shape index (κ2) is 7.68. The first kappa shape index (κ1) is 14.6. The lowest BCUT2D eigenvalue weighted by molar-refractivity contribution is 0.259. The van der Waals surface area contributed by atoms with Gasteiger partial charge in [-0.1, -0.05) is 26.7 Å². The molecule has 0 spiro atoms. The van der Waals surface area contributed by atoms with Crippen LogP contribution in [0, 0.1) is 5.92 Å². The van der Waals surface area contributed by atoms with E-state index in [0.29, 0.717) is 6.04 Å². The molecule has 19 heavy (non-hydrogen) atoms. The summed E-state index contributed by atoms with van der Waals surface area (Å²) < 4.78 is 2.42. The predicted octanol–water partition coefficient (Wildman–Crippen LogP) is 3.91. The highest BCUT2D eigenvalue weighted by molar-refractivity contribution is 5.01. The SMILES string of the molecule is CCCNCc1cncn1C1CCC(CCC)CC1. The molecule has 0 unspecified atom stereocenters. The normalized spacial score (nSPS) is 23.7. The van der Waals surface area contributed by atoms with Gasteiger partial charge in [-0.3, -0.25) is 0 Å². The molecule has 108 valence electrons. The molecule has 1 aromatic heterocycles. The van der Waals surface area contributed by atoms with Gasteiger partial charge in [-0.25, -0.2) is 4.98 Å². The predicted molar refractivity (Wildman–Crippen MR) is 80.1 cm³/mol. The molecule has 1 heterocycles. The maximum Gasteiger partial charge on any atom is 0.0951 e. The van der Waals surface area contributed by atoms with Gasteiger partial charge in [0, 0.05) is 18.8 Å². The summed E-state index contributed by atoms with van der Waals surface area (Å²) in [7, 11) is 0. The van der Waals surface area contributed by atoms with E-state index in [0.717, 1.165) is 19.0 Å². The maximum absolute atomic E-state index is 4.35. The summed E-state index contributed by atoms with van der Waals surface area (Å²) in [5.74, 6) is 0.978. The minimum Gasteiger partial charge on any atom is -0.330 e. The minimum atomic E-state index is 0.689. The van der Waals surface area contributed by atoms with Crippen molar-refractivity contribution in [1.82, 2.24) is 14.9 Å². The Labute approximate surface area is 117 Å². The highest BCUT2D eigenvalue weighted by atomic mass is 15.1. The van der Waals surface area contributed by atoms with E-state index in [1.54, 1.807) is 0 Å².